The highest BCUT2D eigenvalue weighted by atomic mass is 35.5. The van der Waals surface area contributed by atoms with Crippen molar-refractivity contribution in [1.29, 1.82) is 0 Å². The number of rotatable bonds is 6. The molecule has 0 aromatic carbocycles. The average molecular weight is 341 g/mol. The molecule has 0 aliphatic heterocycles. The van der Waals surface area contributed by atoms with E-state index < -0.39 is 6.04 Å². The maximum atomic E-state index is 12.1. The van der Waals surface area contributed by atoms with Gasteiger partial charge in [0.2, 0.25) is 5.91 Å². The Balaban J connectivity index is 0.00000264. The second kappa shape index (κ2) is 8.56. The summed E-state index contributed by atoms with van der Waals surface area (Å²) in [6, 6.07) is 2.74. The molecule has 0 fully saturated rings. The number of nitrogens with two attached hydrogens (primary N) is 1. The Kier molecular flexibility index (Phi) is 7.08. The standard InChI is InChI=1S/C14H20N6O2.ClH/c1-9(2)11-7-12(18-13(21)10(15)8-22-3)20(19-11)14-16-5-4-6-17-14;/h4-7,9-10H,8,15H2,1-3H3,(H,18,21);1H. The lowest BCUT2D eigenvalue weighted by Crippen LogP contribution is -2.39. The van der Waals surface area contributed by atoms with Crippen LogP contribution in [0.4, 0.5) is 5.82 Å². The molecule has 1 atom stereocenters. The Hall–Kier alpha value is -2.03. The number of nitrogens with one attached hydrogen (secondary N) is 1. The Morgan fingerprint density at radius 3 is 2.61 bits per heavy atom. The van der Waals surface area contributed by atoms with Gasteiger partial charge < -0.3 is 15.8 Å². The maximum absolute atomic E-state index is 12.1. The molecule has 0 bridgehead atoms. The molecule has 2 heterocycles. The first kappa shape index (κ1) is 19.0. The zero-order valence-corrected chi connectivity index (χ0v) is 14.1. The SMILES string of the molecule is COCC(N)C(=O)Nc1cc(C(C)C)nn1-c1ncccn1.Cl. The van der Waals surface area contributed by atoms with Gasteiger partial charge in [-0.05, 0) is 12.0 Å². The molecular formula is C14H21ClN6O2. The minimum absolute atomic E-state index is 0. The van der Waals surface area contributed by atoms with Crippen LogP contribution in [0.2, 0.25) is 0 Å². The summed E-state index contributed by atoms with van der Waals surface area (Å²) in [4.78, 5) is 20.4. The lowest BCUT2D eigenvalue weighted by atomic mass is 10.1. The molecule has 0 aliphatic carbocycles. The zero-order chi connectivity index (χ0) is 16.1. The van der Waals surface area contributed by atoms with Gasteiger partial charge >= 0.3 is 0 Å². The number of hydrogen-bond donors (Lipinski definition) is 2. The second-order valence-corrected chi connectivity index (χ2v) is 5.12. The first-order valence-corrected chi connectivity index (χ1v) is 6.95. The number of carbonyl (C=O) groups excluding carboxylic acids is 1. The molecule has 1 amide bonds. The fourth-order valence-corrected chi connectivity index (χ4v) is 1.80. The van der Waals surface area contributed by atoms with E-state index in [0.29, 0.717) is 11.8 Å². The number of ether oxygens (including phenoxy) is 1. The van der Waals surface area contributed by atoms with Crippen molar-refractivity contribution >= 4 is 24.1 Å². The second-order valence-electron chi connectivity index (χ2n) is 5.12. The van der Waals surface area contributed by atoms with Gasteiger partial charge in [0.25, 0.3) is 5.95 Å². The maximum Gasteiger partial charge on any atom is 0.252 e. The van der Waals surface area contributed by atoms with Crippen molar-refractivity contribution in [3.05, 3.63) is 30.2 Å². The lowest BCUT2D eigenvalue weighted by Gasteiger charge is -2.11. The van der Waals surface area contributed by atoms with E-state index in [9.17, 15) is 4.79 Å². The number of anilines is 1. The number of nitrogens with zero attached hydrogens (tertiary/aromatic N) is 4. The van der Waals surface area contributed by atoms with Crippen LogP contribution < -0.4 is 11.1 Å². The van der Waals surface area contributed by atoms with Gasteiger partial charge in [-0.25, -0.2) is 9.97 Å². The van der Waals surface area contributed by atoms with Crippen molar-refractivity contribution in [2.24, 2.45) is 5.73 Å². The lowest BCUT2D eigenvalue weighted by molar-refractivity contribution is -0.118. The summed E-state index contributed by atoms with van der Waals surface area (Å²) in [5.74, 6) is 0.707. The molecule has 0 aliphatic rings. The molecule has 126 valence electrons. The molecule has 0 saturated heterocycles. The van der Waals surface area contributed by atoms with E-state index in [1.54, 1.807) is 24.5 Å². The van der Waals surface area contributed by atoms with E-state index >= 15 is 0 Å². The molecule has 0 radical (unpaired) electrons. The predicted octanol–water partition coefficient (Wildman–Crippen LogP) is 1.12. The number of amides is 1. The van der Waals surface area contributed by atoms with Crippen LogP contribution >= 0.6 is 12.4 Å². The Bertz CT molecular complexity index is 631. The highest BCUT2D eigenvalue weighted by Gasteiger charge is 2.19. The van der Waals surface area contributed by atoms with Crippen molar-refractivity contribution in [3.63, 3.8) is 0 Å². The molecule has 3 N–H and O–H groups in total. The Morgan fingerprint density at radius 2 is 2.04 bits per heavy atom. The average Bonchev–Trinajstić information content (AvgIpc) is 2.92. The number of halogens is 1. The van der Waals surface area contributed by atoms with Crippen molar-refractivity contribution < 1.29 is 9.53 Å². The molecule has 0 saturated carbocycles. The van der Waals surface area contributed by atoms with Gasteiger partial charge in [0.15, 0.2) is 0 Å². The van der Waals surface area contributed by atoms with Crippen molar-refractivity contribution in [2.75, 3.05) is 19.0 Å². The van der Waals surface area contributed by atoms with Crippen LogP contribution in [0.15, 0.2) is 24.5 Å². The summed E-state index contributed by atoms with van der Waals surface area (Å²) in [5.41, 5.74) is 6.56. The molecule has 2 aromatic rings. The number of carbonyl (C=O) groups is 1. The fraction of sp³-hybridized carbons (Fsp3) is 0.429. The molecule has 2 aromatic heterocycles. The predicted molar refractivity (Wildman–Crippen MR) is 89.0 cm³/mol. The molecule has 0 spiro atoms. The van der Waals surface area contributed by atoms with Crippen LogP contribution in [-0.4, -0.2) is 45.4 Å². The minimum atomic E-state index is -0.757. The smallest absolute Gasteiger partial charge is 0.252 e. The summed E-state index contributed by atoms with van der Waals surface area (Å²) in [6.45, 7) is 4.17. The minimum Gasteiger partial charge on any atom is -0.383 e. The van der Waals surface area contributed by atoms with E-state index in [0.717, 1.165) is 5.69 Å². The quantitative estimate of drug-likeness (QED) is 0.815. The number of aromatic nitrogens is 4. The molecule has 9 heteroatoms. The number of hydrogen-bond acceptors (Lipinski definition) is 6. The van der Waals surface area contributed by atoms with Crippen LogP contribution in [0.3, 0.4) is 0 Å². The van der Waals surface area contributed by atoms with Gasteiger partial charge in [-0.15, -0.1) is 12.4 Å². The van der Waals surface area contributed by atoms with Crippen molar-refractivity contribution in [3.8, 4) is 5.95 Å². The van der Waals surface area contributed by atoms with Crippen LogP contribution in [0, 0.1) is 0 Å². The van der Waals surface area contributed by atoms with Gasteiger partial charge in [-0.2, -0.15) is 9.78 Å². The largest absolute Gasteiger partial charge is 0.383 e. The Morgan fingerprint density at radius 1 is 1.39 bits per heavy atom. The molecular weight excluding hydrogens is 320 g/mol. The fourth-order valence-electron chi connectivity index (χ4n) is 1.80. The summed E-state index contributed by atoms with van der Waals surface area (Å²) in [5, 5.41) is 7.19. The molecule has 2 rings (SSSR count). The van der Waals surface area contributed by atoms with Gasteiger partial charge in [0.1, 0.15) is 11.9 Å². The van der Waals surface area contributed by atoms with Crippen LogP contribution in [0.1, 0.15) is 25.5 Å². The van der Waals surface area contributed by atoms with E-state index in [1.807, 2.05) is 13.8 Å². The van der Waals surface area contributed by atoms with E-state index in [-0.39, 0.29) is 30.8 Å². The van der Waals surface area contributed by atoms with Crippen molar-refractivity contribution in [2.45, 2.75) is 25.8 Å². The first-order chi connectivity index (χ1) is 10.5. The number of methoxy groups -OCH3 is 1. The monoisotopic (exact) mass is 340 g/mol. The normalized spacial score (nSPS) is 11.9. The van der Waals surface area contributed by atoms with Gasteiger partial charge in [-0.3, -0.25) is 4.79 Å². The molecule has 23 heavy (non-hydrogen) atoms. The molecule has 8 nitrogen and oxygen atoms in total. The van der Waals surface area contributed by atoms with Crippen LogP contribution in [0.25, 0.3) is 5.95 Å². The highest BCUT2D eigenvalue weighted by molar-refractivity contribution is 5.94. The van der Waals surface area contributed by atoms with Gasteiger partial charge in [-0.1, -0.05) is 13.8 Å². The third-order valence-electron chi connectivity index (χ3n) is 3.00. The topological polar surface area (TPSA) is 108 Å². The Labute approximate surface area is 140 Å². The van der Waals surface area contributed by atoms with E-state index in [2.05, 4.69) is 20.4 Å². The van der Waals surface area contributed by atoms with Gasteiger partial charge in [0, 0.05) is 25.6 Å². The van der Waals surface area contributed by atoms with Crippen molar-refractivity contribution in [1.82, 2.24) is 19.7 Å². The third-order valence-corrected chi connectivity index (χ3v) is 3.00. The summed E-state index contributed by atoms with van der Waals surface area (Å²) in [7, 11) is 1.49. The summed E-state index contributed by atoms with van der Waals surface area (Å²) < 4.78 is 6.38. The zero-order valence-electron chi connectivity index (χ0n) is 13.3. The molecule has 1 unspecified atom stereocenters. The van der Waals surface area contributed by atoms with E-state index in [4.69, 9.17) is 10.5 Å². The van der Waals surface area contributed by atoms with Gasteiger partial charge in [0.05, 0.1) is 12.3 Å². The van der Waals surface area contributed by atoms with E-state index in [1.165, 1.54) is 11.8 Å². The summed E-state index contributed by atoms with van der Waals surface area (Å²) in [6.07, 6.45) is 3.22. The summed E-state index contributed by atoms with van der Waals surface area (Å²) >= 11 is 0. The first-order valence-electron chi connectivity index (χ1n) is 6.95. The van der Waals surface area contributed by atoms with Crippen LogP contribution in [0.5, 0.6) is 0 Å². The van der Waals surface area contributed by atoms with Crippen LogP contribution in [-0.2, 0) is 9.53 Å². The third kappa shape index (κ3) is 4.72. The highest BCUT2D eigenvalue weighted by Crippen LogP contribution is 2.20.